The second-order valence-corrected chi connectivity index (χ2v) is 3.69. The molecule has 84 valence electrons. The number of nitrogens with zero attached hydrogens (tertiary/aromatic N) is 4. The Hall–Kier alpha value is -2.50. The summed E-state index contributed by atoms with van der Waals surface area (Å²) in [5, 5.41) is 17.9. The van der Waals surface area contributed by atoms with Gasteiger partial charge in [0.25, 0.3) is 0 Å². The van der Waals surface area contributed by atoms with Crippen LogP contribution in [0.4, 0.5) is 11.8 Å². The quantitative estimate of drug-likeness (QED) is 0.696. The fraction of sp³-hybridized carbons (Fsp3) is 0.0909. The Morgan fingerprint density at radius 1 is 1.12 bits per heavy atom. The first-order valence-electron chi connectivity index (χ1n) is 5.20. The van der Waals surface area contributed by atoms with E-state index in [4.69, 9.17) is 0 Å². The second-order valence-electron chi connectivity index (χ2n) is 3.69. The lowest BCUT2D eigenvalue weighted by Crippen LogP contribution is -1.99. The lowest BCUT2D eigenvalue weighted by atomic mass is 10.3. The Morgan fingerprint density at radius 3 is 2.71 bits per heavy atom. The molecule has 0 saturated carbocycles. The van der Waals surface area contributed by atoms with Crippen LogP contribution in [0.1, 0.15) is 5.69 Å². The molecule has 0 amide bonds. The van der Waals surface area contributed by atoms with Crippen LogP contribution >= 0.6 is 0 Å². The number of anilines is 2. The Kier molecular flexibility index (Phi) is 2.18. The fourth-order valence-corrected chi connectivity index (χ4v) is 1.53. The average molecular weight is 226 g/mol. The molecule has 0 radical (unpaired) electrons. The van der Waals surface area contributed by atoms with Crippen LogP contribution in [0.5, 0.6) is 0 Å². The number of aryl methyl sites for hydroxylation is 1. The maximum Gasteiger partial charge on any atom is 0.248 e. The van der Waals surface area contributed by atoms with E-state index in [1.807, 2.05) is 37.3 Å². The second kappa shape index (κ2) is 3.82. The van der Waals surface area contributed by atoms with Crippen molar-refractivity contribution in [1.29, 1.82) is 0 Å². The number of para-hydroxylation sites is 1. The van der Waals surface area contributed by atoms with Crippen molar-refractivity contribution in [3.63, 3.8) is 0 Å². The molecule has 0 aliphatic heterocycles. The Bertz CT molecular complexity index is 660. The van der Waals surface area contributed by atoms with Gasteiger partial charge in [-0.15, -0.1) is 10.2 Å². The van der Waals surface area contributed by atoms with E-state index in [1.165, 1.54) is 0 Å². The molecule has 3 aromatic rings. The van der Waals surface area contributed by atoms with Crippen LogP contribution in [-0.2, 0) is 0 Å². The van der Waals surface area contributed by atoms with Crippen molar-refractivity contribution in [3.05, 3.63) is 36.0 Å². The van der Waals surface area contributed by atoms with Gasteiger partial charge in [-0.05, 0) is 19.1 Å². The normalized spacial score (nSPS) is 10.6. The minimum absolute atomic E-state index is 0.440. The van der Waals surface area contributed by atoms with Crippen molar-refractivity contribution in [1.82, 2.24) is 25.4 Å². The zero-order valence-corrected chi connectivity index (χ0v) is 9.18. The highest BCUT2D eigenvalue weighted by molar-refractivity contribution is 5.74. The summed E-state index contributed by atoms with van der Waals surface area (Å²) in [6, 6.07) is 9.46. The van der Waals surface area contributed by atoms with E-state index in [9.17, 15) is 0 Å². The number of aromatic nitrogens is 5. The monoisotopic (exact) mass is 226 g/mol. The molecule has 1 aromatic carbocycles. The van der Waals surface area contributed by atoms with Crippen LogP contribution in [0.2, 0.25) is 0 Å². The van der Waals surface area contributed by atoms with Crippen molar-refractivity contribution in [2.24, 2.45) is 0 Å². The Labute approximate surface area is 97.1 Å². The number of aromatic amines is 1. The van der Waals surface area contributed by atoms with Crippen molar-refractivity contribution in [2.75, 3.05) is 5.32 Å². The summed E-state index contributed by atoms with van der Waals surface area (Å²) < 4.78 is 0. The molecule has 6 heteroatoms. The van der Waals surface area contributed by atoms with E-state index in [-0.39, 0.29) is 0 Å². The molecule has 0 spiro atoms. The number of rotatable bonds is 2. The molecule has 2 heterocycles. The lowest BCUT2D eigenvalue weighted by Gasteiger charge is -2.00. The summed E-state index contributed by atoms with van der Waals surface area (Å²) in [6.45, 7) is 1.93. The van der Waals surface area contributed by atoms with Crippen molar-refractivity contribution in [2.45, 2.75) is 6.92 Å². The van der Waals surface area contributed by atoms with Gasteiger partial charge >= 0.3 is 0 Å². The summed E-state index contributed by atoms with van der Waals surface area (Å²) in [6.07, 6.45) is 0. The van der Waals surface area contributed by atoms with Gasteiger partial charge in [-0.25, -0.2) is 4.98 Å². The van der Waals surface area contributed by atoms with Crippen LogP contribution < -0.4 is 5.32 Å². The van der Waals surface area contributed by atoms with Gasteiger partial charge in [-0.2, -0.15) is 5.10 Å². The van der Waals surface area contributed by atoms with Gasteiger partial charge in [0.1, 0.15) is 5.52 Å². The maximum atomic E-state index is 4.34. The van der Waals surface area contributed by atoms with Gasteiger partial charge in [0.15, 0.2) is 5.82 Å². The van der Waals surface area contributed by atoms with Gasteiger partial charge in [-0.1, -0.05) is 12.1 Å². The molecule has 0 atom stereocenters. The van der Waals surface area contributed by atoms with Gasteiger partial charge in [0, 0.05) is 11.8 Å². The van der Waals surface area contributed by atoms with Gasteiger partial charge < -0.3 is 5.32 Å². The SMILES string of the molecule is Cc1cc(Nc2nnc3ccccc3n2)n[nH]1. The zero-order valence-electron chi connectivity index (χ0n) is 9.18. The topological polar surface area (TPSA) is 79.4 Å². The third kappa shape index (κ3) is 1.92. The first kappa shape index (κ1) is 9.71. The smallest absolute Gasteiger partial charge is 0.248 e. The molecule has 0 aliphatic rings. The van der Waals surface area contributed by atoms with Crippen LogP contribution in [0.3, 0.4) is 0 Å². The van der Waals surface area contributed by atoms with Gasteiger partial charge in [0.05, 0.1) is 5.52 Å². The lowest BCUT2D eigenvalue weighted by molar-refractivity contribution is 1.01. The molecule has 2 aromatic heterocycles. The van der Waals surface area contributed by atoms with E-state index < -0.39 is 0 Å². The summed E-state index contributed by atoms with van der Waals surface area (Å²) in [7, 11) is 0. The number of fused-ring (bicyclic) bond motifs is 1. The minimum Gasteiger partial charge on any atom is -0.306 e. The summed E-state index contributed by atoms with van der Waals surface area (Å²) in [4.78, 5) is 4.34. The predicted molar refractivity (Wildman–Crippen MR) is 63.9 cm³/mol. The number of hydrogen-bond donors (Lipinski definition) is 2. The molecular weight excluding hydrogens is 216 g/mol. The maximum absolute atomic E-state index is 4.34. The molecule has 2 N–H and O–H groups in total. The van der Waals surface area contributed by atoms with Crippen LogP contribution in [0.25, 0.3) is 11.0 Å². The number of hydrogen-bond acceptors (Lipinski definition) is 5. The first-order chi connectivity index (χ1) is 8.31. The molecule has 0 saturated heterocycles. The molecule has 0 bridgehead atoms. The van der Waals surface area contributed by atoms with Crippen LogP contribution in [0.15, 0.2) is 30.3 Å². The molecule has 0 unspecified atom stereocenters. The Morgan fingerprint density at radius 2 is 1.94 bits per heavy atom. The molecular formula is C11H10N6. The Balaban J connectivity index is 1.95. The van der Waals surface area contributed by atoms with Crippen molar-refractivity contribution >= 4 is 22.8 Å². The molecule has 17 heavy (non-hydrogen) atoms. The van der Waals surface area contributed by atoms with Crippen molar-refractivity contribution < 1.29 is 0 Å². The first-order valence-corrected chi connectivity index (χ1v) is 5.20. The number of benzene rings is 1. The predicted octanol–water partition coefficient (Wildman–Crippen LogP) is 1.80. The van der Waals surface area contributed by atoms with Crippen LogP contribution in [0, 0.1) is 6.92 Å². The summed E-state index contributed by atoms with van der Waals surface area (Å²) >= 11 is 0. The average Bonchev–Trinajstić information content (AvgIpc) is 2.75. The van der Waals surface area contributed by atoms with E-state index in [2.05, 4.69) is 30.7 Å². The highest BCUT2D eigenvalue weighted by Crippen LogP contribution is 2.13. The number of nitrogens with one attached hydrogen (secondary N) is 2. The van der Waals surface area contributed by atoms with Crippen LogP contribution in [-0.4, -0.2) is 25.4 Å². The van der Waals surface area contributed by atoms with Gasteiger partial charge in [-0.3, -0.25) is 5.10 Å². The molecule has 3 rings (SSSR count). The standard InChI is InChI=1S/C11H10N6/c1-7-6-10(16-14-7)13-11-12-8-4-2-3-5-9(8)15-17-11/h2-6H,1H3,(H2,12,13,14,16,17). The minimum atomic E-state index is 0.440. The van der Waals surface area contributed by atoms with E-state index in [0.717, 1.165) is 16.7 Å². The third-order valence-electron chi connectivity index (χ3n) is 2.31. The zero-order chi connectivity index (χ0) is 11.7. The van der Waals surface area contributed by atoms with E-state index in [0.29, 0.717) is 11.8 Å². The van der Waals surface area contributed by atoms with Crippen molar-refractivity contribution in [3.8, 4) is 0 Å². The largest absolute Gasteiger partial charge is 0.306 e. The molecule has 6 nitrogen and oxygen atoms in total. The highest BCUT2D eigenvalue weighted by Gasteiger charge is 2.03. The molecule has 0 aliphatic carbocycles. The van der Waals surface area contributed by atoms with Gasteiger partial charge in [0.2, 0.25) is 5.95 Å². The van der Waals surface area contributed by atoms with E-state index >= 15 is 0 Å². The fourth-order valence-electron chi connectivity index (χ4n) is 1.53. The number of H-pyrrole nitrogens is 1. The third-order valence-corrected chi connectivity index (χ3v) is 2.31. The summed E-state index contributed by atoms with van der Waals surface area (Å²) in [5.41, 5.74) is 2.55. The highest BCUT2D eigenvalue weighted by atomic mass is 15.3. The summed E-state index contributed by atoms with van der Waals surface area (Å²) in [5.74, 6) is 1.12. The molecule has 0 fully saturated rings. The van der Waals surface area contributed by atoms with E-state index in [1.54, 1.807) is 0 Å².